The molecule has 32 heavy (non-hydrogen) atoms. The van der Waals surface area contributed by atoms with Crippen molar-refractivity contribution < 1.29 is 19.0 Å². The molecular weight excluding hydrogens is 413 g/mol. The summed E-state index contributed by atoms with van der Waals surface area (Å²) in [6, 6.07) is 14.2. The molecule has 2 aliphatic rings. The van der Waals surface area contributed by atoms with E-state index in [1.807, 2.05) is 24.3 Å². The van der Waals surface area contributed by atoms with Crippen LogP contribution in [-0.2, 0) is 0 Å². The van der Waals surface area contributed by atoms with Gasteiger partial charge in [-0.2, -0.15) is 0 Å². The second kappa shape index (κ2) is 7.88. The Morgan fingerprint density at radius 2 is 1.72 bits per heavy atom. The summed E-state index contributed by atoms with van der Waals surface area (Å²) >= 11 is 0. The third kappa shape index (κ3) is 3.20. The van der Waals surface area contributed by atoms with Crippen LogP contribution in [-0.4, -0.2) is 40.4 Å². The van der Waals surface area contributed by atoms with Crippen molar-refractivity contribution in [3.63, 3.8) is 0 Å². The third-order valence-electron chi connectivity index (χ3n) is 5.68. The highest BCUT2D eigenvalue weighted by Gasteiger charge is 2.37. The largest absolute Gasteiger partial charge is 0.502 e. The van der Waals surface area contributed by atoms with E-state index in [1.165, 1.54) is 27.9 Å². The van der Waals surface area contributed by atoms with Crippen molar-refractivity contribution in [2.45, 2.75) is 6.04 Å². The number of fused-ring (bicyclic) bond motifs is 5. The average molecular weight is 433 g/mol. The molecule has 7 nitrogen and oxygen atoms in total. The molecule has 2 aliphatic heterocycles. The molecule has 3 aromatic rings. The minimum absolute atomic E-state index is 0.103. The van der Waals surface area contributed by atoms with E-state index in [2.05, 4.69) is 0 Å². The number of aromatic nitrogens is 1. The molecule has 162 valence electrons. The van der Waals surface area contributed by atoms with E-state index in [4.69, 9.17) is 4.74 Å². The van der Waals surface area contributed by atoms with Gasteiger partial charge in [0.15, 0.2) is 11.4 Å². The SMILES string of the molecule is O=C1c2c(O)c(=O)ccn2N2CN1C/C=C\COc1ccccc1[C@@H]2c1ccccc1F. The fraction of sp³-hybridized carbons (Fsp3) is 0.167. The van der Waals surface area contributed by atoms with Crippen molar-refractivity contribution >= 4 is 5.91 Å². The summed E-state index contributed by atoms with van der Waals surface area (Å²) in [4.78, 5) is 26.8. The van der Waals surface area contributed by atoms with Crippen molar-refractivity contribution in [3.8, 4) is 11.5 Å². The Bertz CT molecular complexity index is 1290. The van der Waals surface area contributed by atoms with Crippen LogP contribution >= 0.6 is 0 Å². The van der Waals surface area contributed by atoms with Crippen LogP contribution in [0.3, 0.4) is 0 Å². The molecule has 2 aromatic carbocycles. The maximum atomic E-state index is 15.1. The third-order valence-corrected chi connectivity index (χ3v) is 5.68. The number of para-hydroxylation sites is 1. The molecule has 1 N–H and O–H groups in total. The van der Waals surface area contributed by atoms with Gasteiger partial charge in [-0.25, -0.2) is 4.39 Å². The standard InChI is InChI=1S/C24H20FN3O4/c25-18-9-3-1-7-16(18)21-17-8-2-4-10-20(17)32-14-6-5-12-26-15-28(21)27-13-11-19(29)23(30)22(27)24(26)31/h1-11,13,21,30H,12,14-15H2/b6-5-/t21-/m0/s1. The predicted octanol–water partition coefficient (Wildman–Crippen LogP) is 2.78. The van der Waals surface area contributed by atoms with Gasteiger partial charge in [-0.1, -0.05) is 42.5 Å². The number of benzene rings is 2. The van der Waals surface area contributed by atoms with Crippen LogP contribution < -0.4 is 15.2 Å². The lowest BCUT2D eigenvalue weighted by molar-refractivity contribution is 0.0701. The number of carbonyl (C=O) groups excluding carboxylic acids is 1. The first-order valence-electron chi connectivity index (χ1n) is 10.2. The van der Waals surface area contributed by atoms with Crippen LogP contribution in [0.25, 0.3) is 0 Å². The molecule has 1 atom stereocenters. The molecule has 0 saturated heterocycles. The Kier molecular flexibility index (Phi) is 4.89. The zero-order valence-corrected chi connectivity index (χ0v) is 17.0. The maximum absolute atomic E-state index is 15.1. The van der Waals surface area contributed by atoms with Gasteiger partial charge in [-0.05, 0) is 18.2 Å². The number of nitrogens with zero attached hydrogens (tertiary/aromatic N) is 3. The molecule has 0 aliphatic carbocycles. The zero-order chi connectivity index (χ0) is 22.2. The molecule has 1 amide bonds. The fourth-order valence-electron chi connectivity index (χ4n) is 4.17. The van der Waals surface area contributed by atoms with Crippen LogP contribution in [0.5, 0.6) is 11.5 Å². The molecule has 3 heterocycles. The number of pyridine rings is 1. The summed E-state index contributed by atoms with van der Waals surface area (Å²) in [5.41, 5.74) is 0.245. The van der Waals surface area contributed by atoms with Crippen LogP contribution in [0.1, 0.15) is 27.7 Å². The topological polar surface area (TPSA) is 75.0 Å². The smallest absolute Gasteiger partial charge is 0.278 e. The van der Waals surface area contributed by atoms with E-state index in [0.717, 1.165) is 0 Å². The van der Waals surface area contributed by atoms with Gasteiger partial charge < -0.3 is 14.7 Å². The number of halogens is 1. The van der Waals surface area contributed by atoms with Gasteiger partial charge in [0.05, 0.1) is 0 Å². The first kappa shape index (κ1) is 19.9. The summed E-state index contributed by atoms with van der Waals surface area (Å²) in [7, 11) is 0. The molecule has 2 bridgehead atoms. The van der Waals surface area contributed by atoms with Crippen molar-refractivity contribution in [1.29, 1.82) is 0 Å². The van der Waals surface area contributed by atoms with E-state index in [9.17, 15) is 14.7 Å². The zero-order valence-electron chi connectivity index (χ0n) is 17.0. The first-order valence-corrected chi connectivity index (χ1v) is 10.2. The van der Waals surface area contributed by atoms with Crippen molar-refractivity contribution in [1.82, 2.24) is 9.58 Å². The maximum Gasteiger partial charge on any atom is 0.278 e. The average Bonchev–Trinajstić information content (AvgIpc) is 2.82. The number of aromatic hydroxyl groups is 1. The molecule has 8 heteroatoms. The number of rotatable bonds is 1. The molecule has 0 unspecified atom stereocenters. The highest BCUT2D eigenvalue weighted by atomic mass is 19.1. The molecule has 5 rings (SSSR count). The predicted molar refractivity (Wildman–Crippen MR) is 116 cm³/mol. The fourth-order valence-corrected chi connectivity index (χ4v) is 4.17. The van der Waals surface area contributed by atoms with Gasteiger partial charge in [-0.3, -0.25) is 19.3 Å². The van der Waals surface area contributed by atoms with Crippen LogP contribution in [0, 0.1) is 5.82 Å². The summed E-state index contributed by atoms with van der Waals surface area (Å²) in [5.74, 6) is -0.970. The summed E-state index contributed by atoms with van der Waals surface area (Å²) in [6.07, 6.45) is 5.01. The van der Waals surface area contributed by atoms with Gasteiger partial charge >= 0.3 is 0 Å². The Morgan fingerprint density at radius 1 is 0.969 bits per heavy atom. The monoisotopic (exact) mass is 433 g/mol. The molecule has 0 radical (unpaired) electrons. The quantitative estimate of drug-likeness (QED) is 0.598. The molecule has 0 spiro atoms. The van der Waals surface area contributed by atoms with Crippen molar-refractivity contribution in [2.75, 3.05) is 24.8 Å². The number of ether oxygens (including phenoxy) is 1. The van der Waals surface area contributed by atoms with Crippen LogP contribution in [0.4, 0.5) is 4.39 Å². The highest BCUT2D eigenvalue weighted by molar-refractivity contribution is 5.96. The van der Waals surface area contributed by atoms with Gasteiger partial charge in [-0.15, -0.1) is 0 Å². The first-order chi connectivity index (χ1) is 15.6. The number of carbonyl (C=O) groups is 1. The summed E-state index contributed by atoms with van der Waals surface area (Å²) in [5, 5.41) is 12.2. The number of amides is 1. The molecule has 1 aromatic heterocycles. The summed E-state index contributed by atoms with van der Waals surface area (Å²) in [6.45, 7) is 0.618. The van der Waals surface area contributed by atoms with E-state index >= 15 is 4.39 Å². The molecule has 0 saturated carbocycles. The van der Waals surface area contributed by atoms with E-state index in [0.29, 0.717) is 16.9 Å². The highest BCUT2D eigenvalue weighted by Crippen LogP contribution is 2.37. The Morgan fingerprint density at radius 3 is 2.53 bits per heavy atom. The van der Waals surface area contributed by atoms with Crippen molar-refractivity contribution in [2.24, 2.45) is 0 Å². The molecular formula is C24H20FN3O4. The Labute approximate surface area is 183 Å². The lowest BCUT2D eigenvalue weighted by Crippen LogP contribution is -2.55. The second-order valence-corrected chi connectivity index (χ2v) is 7.57. The molecule has 0 fully saturated rings. The van der Waals surface area contributed by atoms with Crippen molar-refractivity contribution in [3.05, 3.63) is 106 Å². The minimum atomic E-state index is -0.707. The number of hydrogen-bond donors (Lipinski definition) is 1. The lowest BCUT2D eigenvalue weighted by Gasteiger charge is -2.43. The number of hydrogen-bond acceptors (Lipinski definition) is 5. The van der Waals surface area contributed by atoms with Gasteiger partial charge in [0.1, 0.15) is 30.9 Å². The Hall–Kier alpha value is -4.07. The lowest BCUT2D eigenvalue weighted by atomic mass is 9.96. The minimum Gasteiger partial charge on any atom is -0.502 e. The van der Waals surface area contributed by atoms with Gasteiger partial charge in [0.25, 0.3) is 5.91 Å². The van der Waals surface area contributed by atoms with E-state index in [-0.39, 0.29) is 25.5 Å². The normalized spacial score (nSPS) is 18.8. The Balaban J connectivity index is 1.82. The van der Waals surface area contributed by atoms with Gasteiger partial charge in [0.2, 0.25) is 5.43 Å². The van der Waals surface area contributed by atoms with Crippen LogP contribution in [0.15, 0.2) is 77.7 Å². The summed E-state index contributed by atoms with van der Waals surface area (Å²) < 4.78 is 22.5. The van der Waals surface area contributed by atoms with E-state index < -0.39 is 28.9 Å². The van der Waals surface area contributed by atoms with Gasteiger partial charge in [0, 0.05) is 29.9 Å². The second-order valence-electron chi connectivity index (χ2n) is 7.57. The van der Waals surface area contributed by atoms with Crippen LogP contribution in [0.2, 0.25) is 0 Å². The van der Waals surface area contributed by atoms with E-state index in [1.54, 1.807) is 35.4 Å².